The van der Waals surface area contributed by atoms with Gasteiger partial charge in [0.2, 0.25) is 0 Å². The first-order chi connectivity index (χ1) is 6.13. The molecule has 0 radical (unpaired) electrons. The highest BCUT2D eigenvalue weighted by atomic mass is 15.1. The van der Waals surface area contributed by atoms with Gasteiger partial charge in [0, 0.05) is 12.7 Å². The first kappa shape index (κ1) is 9.58. The number of guanidine groups is 1. The zero-order valence-corrected chi connectivity index (χ0v) is 8.26. The smallest absolute Gasteiger partial charge is 0.192 e. The molecule has 0 atom stereocenters. The molecule has 0 bridgehead atoms. The molecule has 0 saturated heterocycles. The number of aryl methyl sites for hydroxylation is 2. The first-order valence-electron chi connectivity index (χ1n) is 4.20. The molecule has 0 aliphatic rings. The van der Waals surface area contributed by atoms with Crippen molar-refractivity contribution in [1.29, 1.82) is 0 Å². The molecule has 3 N–H and O–H groups in total. The van der Waals surface area contributed by atoms with E-state index in [1.807, 2.05) is 19.9 Å². The summed E-state index contributed by atoms with van der Waals surface area (Å²) >= 11 is 0. The Labute approximate surface area is 78.7 Å². The Morgan fingerprint density at radius 1 is 1.38 bits per heavy atom. The van der Waals surface area contributed by atoms with Gasteiger partial charge >= 0.3 is 0 Å². The van der Waals surface area contributed by atoms with Gasteiger partial charge in [0.15, 0.2) is 5.96 Å². The van der Waals surface area contributed by atoms with Gasteiger partial charge in [0.25, 0.3) is 0 Å². The molecule has 0 saturated carbocycles. The second-order valence-electron chi connectivity index (χ2n) is 3.05. The number of hydrogen-bond donors (Lipinski definition) is 2. The second-order valence-corrected chi connectivity index (χ2v) is 3.05. The zero-order valence-electron chi connectivity index (χ0n) is 8.26. The number of nitrogens with zero attached hydrogens (tertiary/aromatic N) is 1. The van der Waals surface area contributed by atoms with E-state index in [1.54, 1.807) is 7.05 Å². The van der Waals surface area contributed by atoms with Gasteiger partial charge in [-0.15, -0.1) is 0 Å². The lowest BCUT2D eigenvalue weighted by Gasteiger charge is -2.08. The lowest BCUT2D eigenvalue weighted by Crippen LogP contribution is -2.22. The van der Waals surface area contributed by atoms with E-state index >= 15 is 0 Å². The molecule has 0 amide bonds. The summed E-state index contributed by atoms with van der Waals surface area (Å²) in [5, 5.41) is 3.03. The van der Waals surface area contributed by atoms with E-state index in [9.17, 15) is 0 Å². The molecule has 1 aromatic rings. The maximum Gasteiger partial charge on any atom is 0.192 e. The van der Waals surface area contributed by atoms with Crippen LogP contribution in [0.25, 0.3) is 0 Å². The number of nitrogens with two attached hydrogens (primary N) is 1. The van der Waals surface area contributed by atoms with Gasteiger partial charge < -0.3 is 11.1 Å². The van der Waals surface area contributed by atoms with Crippen molar-refractivity contribution in [3.8, 4) is 0 Å². The van der Waals surface area contributed by atoms with Crippen LogP contribution >= 0.6 is 0 Å². The Morgan fingerprint density at radius 2 is 2.08 bits per heavy atom. The van der Waals surface area contributed by atoms with Crippen molar-refractivity contribution in [2.75, 3.05) is 12.4 Å². The van der Waals surface area contributed by atoms with Crippen LogP contribution in [-0.2, 0) is 0 Å². The third-order valence-corrected chi connectivity index (χ3v) is 1.90. The van der Waals surface area contributed by atoms with E-state index in [1.165, 1.54) is 5.56 Å². The summed E-state index contributed by atoms with van der Waals surface area (Å²) in [6, 6.07) is 6.17. The molecule has 13 heavy (non-hydrogen) atoms. The molecule has 0 unspecified atom stereocenters. The van der Waals surface area contributed by atoms with Crippen molar-refractivity contribution >= 4 is 11.6 Å². The number of benzene rings is 1. The van der Waals surface area contributed by atoms with Crippen LogP contribution in [0.5, 0.6) is 0 Å². The van der Waals surface area contributed by atoms with Crippen LogP contribution < -0.4 is 11.1 Å². The molecular weight excluding hydrogens is 162 g/mol. The number of rotatable bonds is 1. The topological polar surface area (TPSA) is 50.4 Å². The highest BCUT2D eigenvalue weighted by Crippen LogP contribution is 2.15. The number of nitrogens with one attached hydrogen (secondary N) is 1. The molecule has 70 valence electrons. The molecule has 3 heteroatoms. The van der Waals surface area contributed by atoms with Crippen molar-refractivity contribution < 1.29 is 0 Å². The van der Waals surface area contributed by atoms with Crippen LogP contribution in [0.2, 0.25) is 0 Å². The van der Waals surface area contributed by atoms with Crippen molar-refractivity contribution in [2.45, 2.75) is 13.8 Å². The minimum Gasteiger partial charge on any atom is -0.370 e. The average molecular weight is 177 g/mol. The number of aliphatic imine (C=N–C) groups is 1. The Hall–Kier alpha value is -1.51. The van der Waals surface area contributed by atoms with Gasteiger partial charge in [-0.2, -0.15) is 0 Å². The van der Waals surface area contributed by atoms with Gasteiger partial charge in [-0.1, -0.05) is 12.1 Å². The zero-order chi connectivity index (χ0) is 9.84. The van der Waals surface area contributed by atoms with Gasteiger partial charge in [0.05, 0.1) is 0 Å². The third kappa shape index (κ3) is 2.47. The third-order valence-electron chi connectivity index (χ3n) is 1.90. The standard InChI is InChI=1S/C10H15N3/c1-7-4-5-8(2)9(6-7)13-10(11)12-3/h4-6H,1-3H3,(H3,11,12,13). The molecule has 0 aliphatic carbocycles. The minimum atomic E-state index is 0.439. The predicted octanol–water partition coefficient (Wildman–Crippen LogP) is 1.66. The monoisotopic (exact) mass is 177 g/mol. The minimum absolute atomic E-state index is 0.439. The van der Waals surface area contributed by atoms with Crippen molar-refractivity contribution in [2.24, 2.45) is 10.7 Å². The largest absolute Gasteiger partial charge is 0.370 e. The van der Waals surface area contributed by atoms with E-state index in [-0.39, 0.29) is 0 Å². The Kier molecular flexibility index (Phi) is 2.90. The molecule has 0 fully saturated rings. The molecule has 1 aromatic carbocycles. The fourth-order valence-electron chi connectivity index (χ4n) is 1.06. The molecule has 1 rings (SSSR count). The molecule has 0 aliphatic heterocycles. The van der Waals surface area contributed by atoms with E-state index in [0.29, 0.717) is 5.96 Å². The Morgan fingerprint density at radius 3 is 2.69 bits per heavy atom. The Balaban J connectivity index is 2.94. The van der Waals surface area contributed by atoms with Crippen molar-refractivity contribution in [3.05, 3.63) is 29.3 Å². The van der Waals surface area contributed by atoms with Crippen LogP contribution in [0, 0.1) is 13.8 Å². The summed E-state index contributed by atoms with van der Waals surface area (Å²) in [5.74, 6) is 0.439. The molecule has 0 spiro atoms. The summed E-state index contributed by atoms with van der Waals surface area (Å²) in [6.07, 6.45) is 0. The lowest BCUT2D eigenvalue weighted by atomic mass is 10.1. The summed E-state index contributed by atoms with van der Waals surface area (Å²) in [6.45, 7) is 4.08. The molecular formula is C10H15N3. The van der Waals surface area contributed by atoms with Crippen LogP contribution in [0.4, 0.5) is 5.69 Å². The summed E-state index contributed by atoms with van der Waals surface area (Å²) < 4.78 is 0. The highest BCUT2D eigenvalue weighted by Gasteiger charge is 1.98. The molecule has 3 nitrogen and oxygen atoms in total. The van der Waals surface area contributed by atoms with Crippen LogP contribution in [0.3, 0.4) is 0 Å². The highest BCUT2D eigenvalue weighted by molar-refractivity contribution is 5.92. The molecule has 0 heterocycles. The Bertz CT molecular complexity index is 329. The number of hydrogen-bond acceptors (Lipinski definition) is 1. The fraction of sp³-hybridized carbons (Fsp3) is 0.300. The van der Waals surface area contributed by atoms with Crippen LogP contribution in [0.15, 0.2) is 23.2 Å². The number of anilines is 1. The SMILES string of the molecule is CN=C(N)Nc1cc(C)ccc1C. The summed E-state index contributed by atoms with van der Waals surface area (Å²) in [7, 11) is 1.66. The van der Waals surface area contributed by atoms with Crippen LogP contribution in [-0.4, -0.2) is 13.0 Å². The predicted molar refractivity (Wildman–Crippen MR) is 57.1 cm³/mol. The quantitative estimate of drug-likeness (QED) is 0.506. The average Bonchev–Trinajstić information content (AvgIpc) is 2.11. The van der Waals surface area contributed by atoms with Gasteiger partial charge in [-0.3, -0.25) is 4.99 Å². The first-order valence-corrected chi connectivity index (χ1v) is 4.20. The summed E-state index contributed by atoms with van der Waals surface area (Å²) in [4.78, 5) is 3.84. The molecule has 0 aromatic heterocycles. The van der Waals surface area contributed by atoms with Gasteiger partial charge in [-0.05, 0) is 31.0 Å². The van der Waals surface area contributed by atoms with E-state index in [4.69, 9.17) is 5.73 Å². The van der Waals surface area contributed by atoms with Gasteiger partial charge in [-0.25, -0.2) is 0 Å². The van der Waals surface area contributed by atoms with Gasteiger partial charge in [0.1, 0.15) is 0 Å². The van der Waals surface area contributed by atoms with E-state index in [0.717, 1.165) is 11.3 Å². The second kappa shape index (κ2) is 3.94. The van der Waals surface area contributed by atoms with E-state index in [2.05, 4.69) is 22.4 Å². The maximum absolute atomic E-state index is 5.56. The summed E-state index contributed by atoms with van der Waals surface area (Å²) in [5.41, 5.74) is 8.95. The van der Waals surface area contributed by atoms with Crippen molar-refractivity contribution in [1.82, 2.24) is 0 Å². The van der Waals surface area contributed by atoms with Crippen molar-refractivity contribution in [3.63, 3.8) is 0 Å². The lowest BCUT2D eigenvalue weighted by molar-refractivity contribution is 1.34. The fourth-order valence-corrected chi connectivity index (χ4v) is 1.06. The van der Waals surface area contributed by atoms with E-state index < -0.39 is 0 Å². The van der Waals surface area contributed by atoms with Crippen LogP contribution in [0.1, 0.15) is 11.1 Å². The normalized spacial score (nSPS) is 11.5. The maximum atomic E-state index is 5.56.